The Bertz CT molecular complexity index is 210. The maximum atomic E-state index is 11.4. The normalized spacial score (nSPS) is 26.9. The van der Waals surface area contributed by atoms with Crippen molar-refractivity contribution >= 4 is 5.97 Å². The van der Waals surface area contributed by atoms with E-state index >= 15 is 0 Å². The largest absolute Gasteiger partial charge is 0.465 e. The van der Waals surface area contributed by atoms with Gasteiger partial charge >= 0.3 is 5.97 Å². The Morgan fingerprint density at radius 3 is 2.50 bits per heavy atom. The van der Waals surface area contributed by atoms with Crippen LogP contribution in [0.25, 0.3) is 0 Å². The van der Waals surface area contributed by atoms with Crippen molar-refractivity contribution < 1.29 is 14.3 Å². The molecule has 0 aromatic carbocycles. The fourth-order valence-corrected chi connectivity index (χ4v) is 1.36. The van der Waals surface area contributed by atoms with Crippen molar-refractivity contribution in [2.75, 3.05) is 13.2 Å². The van der Waals surface area contributed by atoms with Gasteiger partial charge in [0.15, 0.2) is 0 Å². The van der Waals surface area contributed by atoms with E-state index < -0.39 is 0 Å². The molecule has 14 heavy (non-hydrogen) atoms. The van der Waals surface area contributed by atoms with Crippen LogP contribution in [-0.4, -0.2) is 36.9 Å². The first-order chi connectivity index (χ1) is 6.44. The zero-order valence-corrected chi connectivity index (χ0v) is 9.29. The third kappa shape index (κ3) is 2.96. The van der Waals surface area contributed by atoms with Crippen LogP contribution in [0.2, 0.25) is 0 Å². The molecule has 0 saturated carbocycles. The van der Waals surface area contributed by atoms with Gasteiger partial charge in [-0.3, -0.25) is 10.1 Å². The fourth-order valence-electron chi connectivity index (χ4n) is 1.36. The Balaban J connectivity index is 2.39. The van der Waals surface area contributed by atoms with Crippen LogP contribution in [0.15, 0.2) is 0 Å². The van der Waals surface area contributed by atoms with Crippen LogP contribution in [-0.2, 0) is 14.3 Å². The number of hydrogen-bond donors (Lipinski definition) is 1. The monoisotopic (exact) mass is 201 g/mol. The molecule has 0 radical (unpaired) electrons. The topological polar surface area (TPSA) is 47.6 Å². The molecule has 2 atom stereocenters. The minimum absolute atomic E-state index is 0.0472. The summed E-state index contributed by atoms with van der Waals surface area (Å²) >= 11 is 0. The van der Waals surface area contributed by atoms with E-state index in [1.807, 2.05) is 20.8 Å². The molecule has 0 aliphatic carbocycles. The van der Waals surface area contributed by atoms with Crippen molar-refractivity contribution in [1.29, 1.82) is 0 Å². The zero-order chi connectivity index (χ0) is 10.8. The maximum absolute atomic E-state index is 11.4. The molecule has 1 N–H and O–H groups in total. The Hall–Kier alpha value is -0.610. The van der Waals surface area contributed by atoms with Crippen LogP contribution in [0.3, 0.4) is 0 Å². The molecule has 1 rings (SSSR count). The standard InChI is InChI=1S/C10H19NO3/c1-5-13-9(12)8-7(6-11-8)14-10(2,3)4/h7-8,11H,5-6H2,1-4H3/t7-,8+/m1/s1. The Morgan fingerprint density at radius 2 is 2.14 bits per heavy atom. The van der Waals surface area contributed by atoms with Crippen molar-refractivity contribution in [3.8, 4) is 0 Å². The summed E-state index contributed by atoms with van der Waals surface area (Å²) in [5.41, 5.74) is -0.211. The lowest BCUT2D eigenvalue weighted by Gasteiger charge is -2.39. The number of nitrogens with one attached hydrogen (secondary N) is 1. The molecule has 0 aromatic rings. The first-order valence-corrected chi connectivity index (χ1v) is 5.02. The molecule has 82 valence electrons. The maximum Gasteiger partial charge on any atom is 0.325 e. The summed E-state index contributed by atoms with van der Waals surface area (Å²) in [6.07, 6.45) is -0.0472. The summed E-state index contributed by atoms with van der Waals surface area (Å²) in [6, 6.07) is -0.283. The first kappa shape index (κ1) is 11.5. The van der Waals surface area contributed by atoms with Gasteiger partial charge in [-0.05, 0) is 27.7 Å². The minimum atomic E-state index is -0.283. The highest BCUT2D eigenvalue weighted by molar-refractivity contribution is 5.77. The number of esters is 1. The highest BCUT2D eigenvalue weighted by Crippen LogP contribution is 2.18. The Morgan fingerprint density at radius 1 is 1.50 bits per heavy atom. The van der Waals surface area contributed by atoms with E-state index in [1.54, 1.807) is 6.92 Å². The van der Waals surface area contributed by atoms with Crippen LogP contribution in [0.5, 0.6) is 0 Å². The zero-order valence-electron chi connectivity index (χ0n) is 9.29. The van der Waals surface area contributed by atoms with Gasteiger partial charge in [0.25, 0.3) is 0 Å². The van der Waals surface area contributed by atoms with Crippen molar-refractivity contribution in [3.63, 3.8) is 0 Å². The molecule has 0 aromatic heterocycles. The number of carbonyl (C=O) groups excluding carboxylic acids is 1. The van der Waals surface area contributed by atoms with Gasteiger partial charge < -0.3 is 9.47 Å². The van der Waals surface area contributed by atoms with Crippen LogP contribution < -0.4 is 5.32 Å². The van der Waals surface area contributed by atoms with E-state index in [2.05, 4.69) is 5.32 Å². The van der Waals surface area contributed by atoms with E-state index in [-0.39, 0.29) is 23.7 Å². The highest BCUT2D eigenvalue weighted by atomic mass is 16.5. The molecule has 4 heteroatoms. The first-order valence-electron chi connectivity index (χ1n) is 5.02. The second-order valence-electron chi connectivity index (χ2n) is 4.41. The number of hydrogen-bond acceptors (Lipinski definition) is 4. The van der Waals surface area contributed by atoms with Gasteiger partial charge in [0, 0.05) is 6.54 Å². The predicted octanol–water partition coefficient (Wildman–Crippen LogP) is 0.705. The van der Waals surface area contributed by atoms with E-state index in [4.69, 9.17) is 9.47 Å². The second kappa shape index (κ2) is 4.28. The van der Waals surface area contributed by atoms with Gasteiger partial charge in [-0.2, -0.15) is 0 Å². The van der Waals surface area contributed by atoms with Crippen molar-refractivity contribution in [3.05, 3.63) is 0 Å². The lowest BCUT2D eigenvalue weighted by Crippen LogP contribution is -2.64. The van der Waals surface area contributed by atoms with Gasteiger partial charge in [0.05, 0.1) is 18.3 Å². The smallest absolute Gasteiger partial charge is 0.325 e. The molecule has 0 spiro atoms. The molecule has 1 saturated heterocycles. The number of carbonyl (C=O) groups is 1. The third-order valence-corrected chi connectivity index (χ3v) is 1.96. The average molecular weight is 201 g/mol. The van der Waals surface area contributed by atoms with Gasteiger partial charge in [-0.25, -0.2) is 0 Å². The SMILES string of the molecule is CCOC(=O)[C@H]1NC[C@H]1OC(C)(C)C. The van der Waals surface area contributed by atoms with Crippen molar-refractivity contribution in [2.45, 2.75) is 45.4 Å². The molecule has 1 aliphatic rings. The Kier molecular flexibility index (Phi) is 3.50. The van der Waals surface area contributed by atoms with Crippen LogP contribution >= 0.6 is 0 Å². The molecule has 1 heterocycles. The molecule has 0 bridgehead atoms. The van der Waals surface area contributed by atoms with Crippen LogP contribution in [0.1, 0.15) is 27.7 Å². The van der Waals surface area contributed by atoms with Crippen LogP contribution in [0.4, 0.5) is 0 Å². The highest BCUT2D eigenvalue weighted by Gasteiger charge is 2.40. The van der Waals surface area contributed by atoms with Gasteiger partial charge in [-0.1, -0.05) is 0 Å². The molecule has 4 nitrogen and oxygen atoms in total. The Labute approximate surface area is 85.0 Å². The van der Waals surface area contributed by atoms with Gasteiger partial charge in [-0.15, -0.1) is 0 Å². The number of ether oxygens (including phenoxy) is 2. The molecule has 0 unspecified atom stereocenters. The number of rotatable bonds is 3. The molecule has 1 fully saturated rings. The van der Waals surface area contributed by atoms with Gasteiger partial charge in [0.2, 0.25) is 0 Å². The van der Waals surface area contributed by atoms with E-state index in [9.17, 15) is 4.79 Å². The summed E-state index contributed by atoms with van der Waals surface area (Å²) < 4.78 is 10.6. The lowest BCUT2D eigenvalue weighted by molar-refractivity contribution is -0.162. The van der Waals surface area contributed by atoms with E-state index in [1.165, 1.54) is 0 Å². The minimum Gasteiger partial charge on any atom is -0.465 e. The molecular formula is C10H19NO3. The molecule has 0 amide bonds. The van der Waals surface area contributed by atoms with Gasteiger partial charge in [0.1, 0.15) is 6.04 Å². The summed E-state index contributed by atoms with van der Waals surface area (Å²) in [7, 11) is 0. The summed E-state index contributed by atoms with van der Waals surface area (Å²) in [4.78, 5) is 11.4. The summed E-state index contributed by atoms with van der Waals surface area (Å²) in [6.45, 7) is 8.88. The molecular weight excluding hydrogens is 182 g/mol. The van der Waals surface area contributed by atoms with E-state index in [0.29, 0.717) is 6.61 Å². The summed E-state index contributed by atoms with van der Waals surface area (Å²) in [5.74, 6) is -0.215. The summed E-state index contributed by atoms with van der Waals surface area (Å²) in [5, 5.41) is 3.00. The lowest BCUT2D eigenvalue weighted by atomic mass is 10.0. The van der Waals surface area contributed by atoms with Crippen molar-refractivity contribution in [2.24, 2.45) is 0 Å². The quantitative estimate of drug-likeness (QED) is 0.683. The van der Waals surface area contributed by atoms with Crippen LogP contribution in [0, 0.1) is 0 Å². The fraction of sp³-hybridized carbons (Fsp3) is 0.900. The second-order valence-corrected chi connectivity index (χ2v) is 4.41. The van der Waals surface area contributed by atoms with E-state index in [0.717, 1.165) is 6.54 Å². The predicted molar refractivity (Wildman–Crippen MR) is 53.0 cm³/mol. The molecule has 1 aliphatic heterocycles. The van der Waals surface area contributed by atoms with Crippen molar-refractivity contribution in [1.82, 2.24) is 5.32 Å². The average Bonchev–Trinajstić information content (AvgIpc) is 1.97. The third-order valence-electron chi connectivity index (χ3n) is 1.96.